The highest BCUT2D eigenvalue weighted by molar-refractivity contribution is 5.57. The van der Waals surface area contributed by atoms with Crippen LogP contribution in [-0.2, 0) is 0 Å². The van der Waals surface area contributed by atoms with Crippen molar-refractivity contribution in [2.75, 3.05) is 50.7 Å². The zero-order chi connectivity index (χ0) is 13.8. The highest BCUT2D eigenvalue weighted by Gasteiger charge is 2.22. The highest BCUT2D eigenvalue weighted by atomic mass is 16.3. The molecule has 0 radical (unpaired) electrons. The molecule has 0 aromatic heterocycles. The van der Waals surface area contributed by atoms with Gasteiger partial charge in [0.1, 0.15) is 5.75 Å². The van der Waals surface area contributed by atoms with Crippen molar-refractivity contribution in [3.63, 3.8) is 0 Å². The van der Waals surface area contributed by atoms with Crippen molar-refractivity contribution >= 4 is 5.69 Å². The van der Waals surface area contributed by atoms with Crippen molar-refractivity contribution in [3.05, 3.63) is 24.3 Å². The second-order valence-corrected chi connectivity index (χ2v) is 5.97. The van der Waals surface area contributed by atoms with Gasteiger partial charge in [0.25, 0.3) is 0 Å². The van der Waals surface area contributed by atoms with E-state index in [0.29, 0.717) is 5.75 Å². The summed E-state index contributed by atoms with van der Waals surface area (Å²) in [6.07, 6.45) is 2.64. The van der Waals surface area contributed by atoms with Gasteiger partial charge >= 0.3 is 0 Å². The van der Waals surface area contributed by atoms with E-state index >= 15 is 0 Å². The lowest BCUT2D eigenvalue weighted by atomic mass is 9.97. The Hall–Kier alpha value is -1.26. The molecule has 2 aliphatic heterocycles. The van der Waals surface area contributed by atoms with E-state index < -0.39 is 0 Å². The van der Waals surface area contributed by atoms with Crippen molar-refractivity contribution in [2.24, 2.45) is 5.92 Å². The number of rotatable bonds is 3. The molecule has 0 aliphatic carbocycles. The molecule has 0 bridgehead atoms. The molecule has 4 heteroatoms. The average molecular weight is 275 g/mol. The molecular formula is C16H25N3O. The molecule has 1 aromatic rings. The fourth-order valence-corrected chi connectivity index (χ4v) is 3.33. The van der Waals surface area contributed by atoms with Gasteiger partial charge in [0.2, 0.25) is 0 Å². The standard InChI is InChI=1S/C16H25N3O/c20-16-4-2-1-3-15(16)19-11-9-18(10-12-19)13-14-5-7-17-8-6-14/h1-4,14,17,20H,5-13H2. The lowest BCUT2D eigenvalue weighted by molar-refractivity contribution is 0.196. The smallest absolute Gasteiger partial charge is 0.138 e. The molecule has 2 aliphatic rings. The number of hydrogen-bond donors (Lipinski definition) is 2. The SMILES string of the molecule is Oc1ccccc1N1CCN(CC2CCNCC2)CC1. The molecule has 0 saturated carbocycles. The zero-order valence-electron chi connectivity index (χ0n) is 12.1. The second kappa shape index (κ2) is 6.46. The Bertz CT molecular complexity index is 423. The largest absolute Gasteiger partial charge is 0.506 e. The zero-order valence-corrected chi connectivity index (χ0v) is 12.1. The van der Waals surface area contributed by atoms with Crippen LogP contribution in [0.5, 0.6) is 5.75 Å². The van der Waals surface area contributed by atoms with Crippen molar-refractivity contribution in [1.82, 2.24) is 10.2 Å². The summed E-state index contributed by atoms with van der Waals surface area (Å²) >= 11 is 0. The van der Waals surface area contributed by atoms with Gasteiger partial charge in [0.15, 0.2) is 0 Å². The number of nitrogens with zero attached hydrogens (tertiary/aromatic N) is 2. The second-order valence-electron chi connectivity index (χ2n) is 5.97. The van der Waals surface area contributed by atoms with Gasteiger partial charge in [-0.3, -0.25) is 4.90 Å². The van der Waals surface area contributed by atoms with Gasteiger partial charge in [0, 0.05) is 32.7 Å². The lowest BCUT2D eigenvalue weighted by Crippen LogP contribution is -2.48. The monoisotopic (exact) mass is 275 g/mol. The van der Waals surface area contributed by atoms with Crippen LogP contribution in [0.25, 0.3) is 0 Å². The van der Waals surface area contributed by atoms with Crippen molar-refractivity contribution in [2.45, 2.75) is 12.8 Å². The number of aromatic hydroxyl groups is 1. The molecule has 110 valence electrons. The summed E-state index contributed by atoms with van der Waals surface area (Å²) in [6, 6.07) is 7.66. The summed E-state index contributed by atoms with van der Waals surface area (Å²) in [5.41, 5.74) is 0.981. The van der Waals surface area contributed by atoms with Gasteiger partial charge in [-0.2, -0.15) is 0 Å². The van der Waals surface area contributed by atoms with Crippen LogP contribution in [0.4, 0.5) is 5.69 Å². The van der Waals surface area contributed by atoms with Gasteiger partial charge in [-0.1, -0.05) is 12.1 Å². The number of hydrogen-bond acceptors (Lipinski definition) is 4. The quantitative estimate of drug-likeness (QED) is 0.877. The van der Waals surface area contributed by atoms with E-state index in [-0.39, 0.29) is 0 Å². The molecule has 4 nitrogen and oxygen atoms in total. The Morgan fingerprint density at radius 2 is 1.75 bits per heavy atom. The molecule has 0 spiro atoms. The predicted octanol–water partition coefficient (Wildman–Crippen LogP) is 1.51. The number of piperazine rings is 1. The van der Waals surface area contributed by atoms with Crippen LogP contribution in [0.3, 0.4) is 0 Å². The first kappa shape index (κ1) is 13.7. The molecular weight excluding hydrogens is 250 g/mol. The molecule has 0 atom stereocenters. The Morgan fingerprint density at radius 3 is 2.45 bits per heavy atom. The van der Waals surface area contributed by atoms with E-state index in [9.17, 15) is 5.11 Å². The van der Waals surface area contributed by atoms with E-state index in [1.807, 2.05) is 18.2 Å². The molecule has 2 saturated heterocycles. The first-order valence-corrected chi connectivity index (χ1v) is 7.79. The van der Waals surface area contributed by atoms with Crippen LogP contribution in [-0.4, -0.2) is 55.8 Å². The summed E-state index contributed by atoms with van der Waals surface area (Å²) < 4.78 is 0. The number of phenols is 1. The minimum atomic E-state index is 0.402. The van der Waals surface area contributed by atoms with Crippen LogP contribution in [0.1, 0.15) is 12.8 Å². The van der Waals surface area contributed by atoms with Crippen LogP contribution in [0.2, 0.25) is 0 Å². The summed E-state index contributed by atoms with van der Waals surface area (Å²) in [4.78, 5) is 4.89. The van der Waals surface area contributed by atoms with Gasteiger partial charge in [-0.05, 0) is 44.0 Å². The molecule has 1 aromatic carbocycles. The van der Waals surface area contributed by atoms with Crippen LogP contribution < -0.4 is 10.2 Å². The third-order valence-corrected chi connectivity index (χ3v) is 4.57. The van der Waals surface area contributed by atoms with Gasteiger partial charge in [0.05, 0.1) is 5.69 Å². The summed E-state index contributed by atoms with van der Waals surface area (Å²) in [7, 11) is 0. The van der Waals surface area contributed by atoms with E-state index in [0.717, 1.165) is 37.8 Å². The number of nitrogens with one attached hydrogen (secondary N) is 1. The number of piperidine rings is 1. The molecule has 2 heterocycles. The molecule has 20 heavy (non-hydrogen) atoms. The van der Waals surface area contributed by atoms with Crippen LogP contribution >= 0.6 is 0 Å². The van der Waals surface area contributed by atoms with E-state index in [1.165, 1.54) is 32.5 Å². The molecule has 2 fully saturated rings. The lowest BCUT2D eigenvalue weighted by Gasteiger charge is -2.38. The third-order valence-electron chi connectivity index (χ3n) is 4.57. The maximum absolute atomic E-state index is 9.93. The number of benzene rings is 1. The number of para-hydroxylation sites is 2. The number of phenolic OH excluding ortho intramolecular Hbond substituents is 1. The molecule has 0 unspecified atom stereocenters. The van der Waals surface area contributed by atoms with Gasteiger partial charge < -0.3 is 15.3 Å². The van der Waals surface area contributed by atoms with Crippen LogP contribution in [0.15, 0.2) is 24.3 Å². The Kier molecular flexibility index (Phi) is 4.43. The van der Waals surface area contributed by atoms with Gasteiger partial charge in [-0.25, -0.2) is 0 Å². The first-order valence-electron chi connectivity index (χ1n) is 7.79. The first-order chi connectivity index (χ1) is 9.83. The molecule has 3 rings (SSSR count). The fraction of sp³-hybridized carbons (Fsp3) is 0.625. The fourth-order valence-electron chi connectivity index (χ4n) is 3.33. The Balaban J connectivity index is 1.50. The molecule has 0 amide bonds. The molecule has 2 N–H and O–H groups in total. The predicted molar refractivity (Wildman–Crippen MR) is 82.4 cm³/mol. The minimum Gasteiger partial charge on any atom is -0.506 e. The summed E-state index contributed by atoms with van der Waals surface area (Å²) in [6.45, 7) is 7.86. The Labute approximate surface area is 121 Å². The normalized spacial score (nSPS) is 22.1. The minimum absolute atomic E-state index is 0.402. The summed E-state index contributed by atoms with van der Waals surface area (Å²) in [5.74, 6) is 1.27. The van der Waals surface area contributed by atoms with Crippen molar-refractivity contribution in [1.29, 1.82) is 0 Å². The van der Waals surface area contributed by atoms with E-state index in [4.69, 9.17) is 0 Å². The highest BCUT2D eigenvalue weighted by Crippen LogP contribution is 2.27. The maximum Gasteiger partial charge on any atom is 0.138 e. The topological polar surface area (TPSA) is 38.7 Å². The van der Waals surface area contributed by atoms with E-state index in [2.05, 4.69) is 15.1 Å². The van der Waals surface area contributed by atoms with Gasteiger partial charge in [-0.15, -0.1) is 0 Å². The Morgan fingerprint density at radius 1 is 1.05 bits per heavy atom. The average Bonchev–Trinajstić information content (AvgIpc) is 2.50. The maximum atomic E-state index is 9.93. The summed E-state index contributed by atoms with van der Waals surface area (Å²) in [5, 5.41) is 13.4. The third kappa shape index (κ3) is 3.25. The number of anilines is 1. The van der Waals surface area contributed by atoms with Crippen LogP contribution in [0, 0.1) is 5.92 Å². The van der Waals surface area contributed by atoms with Crippen molar-refractivity contribution < 1.29 is 5.11 Å². The van der Waals surface area contributed by atoms with E-state index in [1.54, 1.807) is 6.07 Å². The van der Waals surface area contributed by atoms with Crippen molar-refractivity contribution in [3.8, 4) is 5.75 Å².